The predicted molar refractivity (Wildman–Crippen MR) is 163 cm³/mol. The van der Waals surface area contributed by atoms with E-state index in [1.165, 1.54) is 0 Å². The topological polar surface area (TPSA) is 90.2 Å². The van der Waals surface area contributed by atoms with Crippen LogP contribution in [0.3, 0.4) is 0 Å². The summed E-state index contributed by atoms with van der Waals surface area (Å²) in [4.78, 5) is 21.5. The third kappa shape index (κ3) is 6.47. The summed E-state index contributed by atoms with van der Waals surface area (Å²) in [6.07, 6.45) is 6.74. The summed E-state index contributed by atoms with van der Waals surface area (Å²) in [6, 6.07) is 17.8. The molecule has 0 unspecified atom stereocenters. The van der Waals surface area contributed by atoms with Crippen LogP contribution in [-0.4, -0.2) is 73.2 Å². The van der Waals surface area contributed by atoms with Crippen LogP contribution < -0.4 is 15.2 Å². The highest BCUT2D eigenvalue weighted by molar-refractivity contribution is 6.30. The average Bonchev–Trinajstić information content (AvgIpc) is 3.18. The van der Waals surface area contributed by atoms with Crippen molar-refractivity contribution in [2.75, 3.05) is 52.5 Å². The van der Waals surface area contributed by atoms with Crippen LogP contribution in [0.5, 0.6) is 11.5 Å². The largest absolute Gasteiger partial charge is 0.487 e. The van der Waals surface area contributed by atoms with E-state index < -0.39 is 0 Å². The third-order valence-electron chi connectivity index (χ3n) is 8.47. The molecule has 220 valence electrons. The maximum atomic E-state index is 12.7. The first kappa shape index (κ1) is 28.7. The highest BCUT2D eigenvalue weighted by atomic mass is 35.5. The van der Waals surface area contributed by atoms with Gasteiger partial charge >= 0.3 is 0 Å². The van der Waals surface area contributed by atoms with Crippen LogP contribution in [0.15, 0.2) is 66.9 Å². The molecule has 2 saturated heterocycles. The van der Waals surface area contributed by atoms with Crippen LogP contribution in [-0.2, 0) is 21.7 Å². The molecule has 0 saturated carbocycles. The molecule has 9 heteroatoms. The number of nitrogens with zero attached hydrogens (tertiary/aromatic N) is 3. The molecule has 3 aromatic rings. The number of piperidine rings is 1. The molecule has 2 aromatic carbocycles. The molecular formula is C33H37ClN4O4. The number of carbonyl (C=O) groups is 1. The van der Waals surface area contributed by atoms with Crippen molar-refractivity contribution in [3.8, 4) is 11.5 Å². The second-order valence-electron chi connectivity index (χ2n) is 11.1. The van der Waals surface area contributed by atoms with Crippen LogP contribution >= 0.6 is 11.6 Å². The van der Waals surface area contributed by atoms with E-state index in [1.54, 1.807) is 11.1 Å². The molecule has 0 bridgehead atoms. The van der Waals surface area contributed by atoms with Crippen LogP contribution in [0.2, 0.25) is 5.02 Å². The summed E-state index contributed by atoms with van der Waals surface area (Å²) in [7, 11) is 0. The molecule has 0 atom stereocenters. The molecule has 2 N–H and O–H groups in total. The molecular weight excluding hydrogens is 552 g/mol. The lowest BCUT2D eigenvalue weighted by molar-refractivity contribution is -0.137. The van der Waals surface area contributed by atoms with Crippen molar-refractivity contribution in [1.29, 1.82) is 0 Å². The van der Waals surface area contributed by atoms with Crippen molar-refractivity contribution in [3.63, 3.8) is 0 Å². The summed E-state index contributed by atoms with van der Waals surface area (Å²) in [5.74, 6) is 1.38. The molecule has 0 aliphatic carbocycles. The zero-order chi connectivity index (χ0) is 28.9. The van der Waals surface area contributed by atoms with E-state index in [9.17, 15) is 4.79 Å². The van der Waals surface area contributed by atoms with E-state index in [2.05, 4.69) is 34.2 Å². The Kier molecular flexibility index (Phi) is 8.76. The summed E-state index contributed by atoms with van der Waals surface area (Å²) in [5, 5.41) is 0.732. The van der Waals surface area contributed by atoms with Crippen molar-refractivity contribution in [2.45, 2.75) is 31.4 Å². The minimum atomic E-state index is -0.318. The predicted octanol–water partition coefficient (Wildman–Crippen LogP) is 4.64. The smallest absolute Gasteiger partial charge is 0.260 e. The molecule has 2 fully saturated rings. The number of halogens is 1. The summed E-state index contributed by atoms with van der Waals surface area (Å²) >= 11 is 6.09. The Morgan fingerprint density at radius 3 is 2.62 bits per heavy atom. The average molecular weight is 589 g/mol. The fourth-order valence-corrected chi connectivity index (χ4v) is 6.06. The lowest BCUT2D eigenvalue weighted by atomic mass is 9.82. The molecule has 8 nitrogen and oxygen atoms in total. The normalized spacial score (nSPS) is 19.4. The quantitative estimate of drug-likeness (QED) is 0.430. The molecule has 3 aliphatic rings. The van der Waals surface area contributed by atoms with Crippen molar-refractivity contribution < 1.29 is 19.0 Å². The minimum Gasteiger partial charge on any atom is -0.487 e. The van der Waals surface area contributed by atoms with Crippen molar-refractivity contribution >= 4 is 23.1 Å². The Morgan fingerprint density at radius 2 is 1.83 bits per heavy atom. The Balaban J connectivity index is 1.15. The lowest BCUT2D eigenvalue weighted by Crippen LogP contribution is -2.48. The first-order chi connectivity index (χ1) is 20.5. The maximum Gasteiger partial charge on any atom is 0.260 e. The number of likely N-dealkylation sites (tertiary alicyclic amines) is 1. The van der Waals surface area contributed by atoms with Gasteiger partial charge in [0, 0.05) is 60.6 Å². The number of hydrogen-bond acceptors (Lipinski definition) is 7. The van der Waals surface area contributed by atoms with Crippen molar-refractivity contribution in [1.82, 2.24) is 14.8 Å². The lowest BCUT2D eigenvalue weighted by Gasteiger charge is -2.39. The number of benzene rings is 2. The number of ether oxygens (including phenoxy) is 3. The SMILES string of the molecule is NC1(c2ccc(Cl)cc2)CCN(CCC=C2c3cc(OCC(=O)N4CCOCC4)ccc3OCc3ncccc32)CC1. The number of amides is 1. The number of carbonyl (C=O) groups excluding carboxylic acids is 1. The molecule has 42 heavy (non-hydrogen) atoms. The van der Waals surface area contributed by atoms with Gasteiger partial charge in [0.25, 0.3) is 5.91 Å². The molecule has 1 aromatic heterocycles. The van der Waals surface area contributed by atoms with Gasteiger partial charge in [-0.25, -0.2) is 0 Å². The molecule has 0 radical (unpaired) electrons. The van der Waals surface area contributed by atoms with Gasteiger partial charge in [-0.05, 0) is 66.8 Å². The zero-order valence-electron chi connectivity index (χ0n) is 23.8. The number of hydrogen-bond donors (Lipinski definition) is 1. The van der Waals surface area contributed by atoms with Gasteiger partial charge < -0.3 is 29.7 Å². The standard InChI is InChI=1S/C33H37ClN4O4/c34-25-7-5-24(6-8-25)33(35)11-15-37(16-12-33)14-2-4-27-28-3-1-13-36-30(28)22-42-31-10-9-26(21-29(27)31)41-23-32(39)38-17-19-40-20-18-38/h1,3-10,13,21H,2,11-12,14-20,22-23,35H2. The number of pyridine rings is 1. The van der Waals surface area contributed by atoms with Gasteiger partial charge in [-0.2, -0.15) is 0 Å². The first-order valence-electron chi connectivity index (χ1n) is 14.7. The molecule has 1 amide bonds. The molecule has 3 aliphatic heterocycles. The molecule has 0 spiro atoms. The van der Waals surface area contributed by atoms with E-state index in [4.69, 9.17) is 31.5 Å². The highest BCUT2D eigenvalue weighted by Gasteiger charge is 2.32. The Labute approximate surface area is 252 Å². The Hall–Kier alpha value is -3.43. The highest BCUT2D eigenvalue weighted by Crippen LogP contribution is 2.39. The van der Waals surface area contributed by atoms with Gasteiger partial charge in [0.15, 0.2) is 6.61 Å². The van der Waals surface area contributed by atoms with Gasteiger partial charge in [0.2, 0.25) is 0 Å². The summed E-state index contributed by atoms with van der Waals surface area (Å²) in [6.45, 7) is 5.52. The number of morpholine rings is 1. The van der Waals surface area contributed by atoms with Gasteiger partial charge in [-0.15, -0.1) is 0 Å². The Morgan fingerprint density at radius 1 is 1.05 bits per heavy atom. The number of fused-ring (bicyclic) bond motifs is 2. The van der Waals surface area contributed by atoms with E-state index in [0.717, 1.165) is 77.6 Å². The monoisotopic (exact) mass is 588 g/mol. The summed E-state index contributed by atoms with van der Waals surface area (Å²) < 4.78 is 17.5. The number of nitrogens with two attached hydrogens (primary N) is 1. The van der Waals surface area contributed by atoms with Crippen LogP contribution in [0.1, 0.15) is 41.6 Å². The fraction of sp³-hybridized carbons (Fsp3) is 0.394. The maximum absolute atomic E-state index is 12.7. The number of aromatic nitrogens is 1. The van der Waals surface area contributed by atoms with E-state index in [-0.39, 0.29) is 18.1 Å². The van der Waals surface area contributed by atoms with Crippen LogP contribution in [0.25, 0.3) is 5.57 Å². The third-order valence-corrected chi connectivity index (χ3v) is 8.73. The Bertz CT molecular complexity index is 1430. The van der Waals surface area contributed by atoms with Crippen LogP contribution in [0.4, 0.5) is 0 Å². The van der Waals surface area contributed by atoms with Crippen molar-refractivity contribution in [2.24, 2.45) is 5.73 Å². The minimum absolute atomic E-state index is 0.00948. The molecule has 6 rings (SSSR count). The van der Waals surface area contributed by atoms with Gasteiger partial charge in [-0.3, -0.25) is 9.78 Å². The number of rotatable bonds is 7. The van der Waals surface area contributed by atoms with Crippen molar-refractivity contribution in [3.05, 3.63) is 94.3 Å². The fourth-order valence-electron chi connectivity index (χ4n) is 5.93. The second-order valence-corrected chi connectivity index (χ2v) is 11.6. The first-order valence-corrected chi connectivity index (χ1v) is 15.0. The van der Waals surface area contributed by atoms with Crippen LogP contribution in [0, 0.1) is 0 Å². The van der Waals surface area contributed by atoms with Gasteiger partial charge in [0.05, 0.1) is 18.9 Å². The summed E-state index contributed by atoms with van der Waals surface area (Å²) in [5.41, 5.74) is 11.6. The zero-order valence-corrected chi connectivity index (χ0v) is 24.5. The van der Waals surface area contributed by atoms with E-state index >= 15 is 0 Å². The molecule has 4 heterocycles. The van der Waals surface area contributed by atoms with Gasteiger partial charge in [-0.1, -0.05) is 35.9 Å². The second kappa shape index (κ2) is 12.8. The van der Waals surface area contributed by atoms with E-state index in [1.807, 2.05) is 36.4 Å². The van der Waals surface area contributed by atoms with Gasteiger partial charge in [0.1, 0.15) is 18.1 Å². The van der Waals surface area contributed by atoms with E-state index in [0.29, 0.717) is 38.7 Å².